The molecule has 0 amide bonds. The van der Waals surface area contributed by atoms with Gasteiger partial charge >= 0.3 is 0 Å². The van der Waals surface area contributed by atoms with Crippen molar-refractivity contribution in [2.24, 2.45) is 16.8 Å². The van der Waals surface area contributed by atoms with Crippen LogP contribution in [0, 0.1) is 11.8 Å². The van der Waals surface area contributed by atoms with Gasteiger partial charge in [-0.15, -0.1) is 24.0 Å². The van der Waals surface area contributed by atoms with Crippen LogP contribution in [0.15, 0.2) is 4.99 Å². The summed E-state index contributed by atoms with van der Waals surface area (Å²) >= 11 is 0. The van der Waals surface area contributed by atoms with Gasteiger partial charge in [0.05, 0.1) is 18.2 Å². The monoisotopic (exact) mass is 464 g/mol. The molecule has 5 unspecified atom stereocenters. The Hall–Kier alpha value is -0.0800. The number of rotatable bonds is 6. The van der Waals surface area contributed by atoms with Crippen molar-refractivity contribution in [2.45, 2.75) is 70.6 Å². The third kappa shape index (κ3) is 6.24. The average Bonchev–Trinajstić information content (AvgIpc) is 3.15. The summed E-state index contributed by atoms with van der Waals surface area (Å²) in [6.45, 7) is 9.58. The van der Waals surface area contributed by atoms with Gasteiger partial charge in [0.25, 0.3) is 0 Å². The van der Waals surface area contributed by atoms with E-state index in [0.29, 0.717) is 18.2 Å². The molecule has 0 spiro atoms. The summed E-state index contributed by atoms with van der Waals surface area (Å²) in [5.41, 5.74) is 0. The predicted octanol–water partition coefficient (Wildman–Crippen LogP) is 2.85. The van der Waals surface area contributed by atoms with Crippen molar-refractivity contribution in [1.29, 1.82) is 0 Å². The molecule has 6 heteroatoms. The number of nitrogens with one attached hydrogen (secondary N) is 2. The molecule has 5 atom stereocenters. The molecule has 3 aliphatic heterocycles. The maximum Gasteiger partial charge on any atom is 0.191 e. The van der Waals surface area contributed by atoms with E-state index < -0.39 is 0 Å². The molecular formula is C19H37IN4O. The van der Waals surface area contributed by atoms with Crippen molar-refractivity contribution < 1.29 is 4.74 Å². The highest BCUT2D eigenvalue weighted by atomic mass is 127. The normalized spacial score (nSPS) is 35.5. The van der Waals surface area contributed by atoms with Gasteiger partial charge in [-0.1, -0.05) is 13.8 Å². The Balaban J connectivity index is 0.00000225. The van der Waals surface area contributed by atoms with E-state index >= 15 is 0 Å². The maximum absolute atomic E-state index is 5.91. The van der Waals surface area contributed by atoms with E-state index in [1.807, 2.05) is 7.05 Å². The molecular weight excluding hydrogens is 427 g/mol. The van der Waals surface area contributed by atoms with Gasteiger partial charge in [0.15, 0.2) is 5.96 Å². The van der Waals surface area contributed by atoms with E-state index in [-0.39, 0.29) is 24.0 Å². The van der Waals surface area contributed by atoms with Crippen LogP contribution < -0.4 is 10.6 Å². The van der Waals surface area contributed by atoms with Crippen LogP contribution in [0.3, 0.4) is 0 Å². The van der Waals surface area contributed by atoms with Crippen molar-refractivity contribution >= 4 is 29.9 Å². The SMILES string of the molecule is CN=C(NCCCCN1CC(C)CC(C)C1)NC1CC2CCC1O2.I. The van der Waals surface area contributed by atoms with Crippen LogP contribution in [-0.2, 0) is 4.74 Å². The van der Waals surface area contributed by atoms with Crippen molar-refractivity contribution in [3.63, 3.8) is 0 Å². The molecule has 0 aromatic carbocycles. The Morgan fingerprint density at radius 1 is 1.12 bits per heavy atom. The summed E-state index contributed by atoms with van der Waals surface area (Å²) < 4.78 is 5.91. The lowest BCUT2D eigenvalue weighted by Crippen LogP contribution is -2.47. The molecule has 2 N–H and O–H groups in total. The maximum atomic E-state index is 5.91. The topological polar surface area (TPSA) is 48.9 Å². The fourth-order valence-corrected chi connectivity index (χ4v) is 4.80. The first-order valence-corrected chi connectivity index (χ1v) is 9.99. The van der Waals surface area contributed by atoms with E-state index in [4.69, 9.17) is 4.74 Å². The summed E-state index contributed by atoms with van der Waals surface area (Å²) in [5, 5.41) is 7.03. The highest BCUT2D eigenvalue weighted by Gasteiger charge is 2.41. The minimum Gasteiger partial charge on any atom is -0.373 e. The molecule has 3 saturated heterocycles. The first-order chi connectivity index (χ1) is 11.6. The Morgan fingerprint density at radius 3 is 2.48 bits per heavy atom. The molecule has 3 fully saturated rings. The fourth-order valence-electron chi connectivity index (χ4n) is 4.80. The third-order valence-electron chi connectivity index (χ3n) is 5.79. The first-order valence-electron chi connectivity index (χ1n) is 9.99. The second-order valence-corrected chi connectivity index (χ2v) is 8.27. The van der Waals surface area contributed by atoms with Gasteiger partial charge in [0.1, 0.15) is 0 Å². The standard InChI is InChI=1S/C19H36N4O.HI/c1-14-10-15(2)13-23(12-14)9-5-4-8-21-19(20-3)22-17-11-16-6-7-18(17)24-16;/h14-18H,4-13H2,1-3H3,(H2,20,21,22);1H. The van der Waals surface area contributed by atoms with Crippen LogP contribution in [-0.4, -0.2) is 62.3 Å². The zero-order valence-electron chi connectivity index (χ0n) is 16.2. The van der Waals surface area contributed by atoms with E-state index in [0.717, 1.165) is 30.8 Å². The van der Waals surface area contributed by atoms with Crippen molar-refractivity contribution in [2.75, 3.05) is 33.2 Å². The van der Waals surface area contributed by atoms with Gasteiger partial charge in [0, 0.05) is 26.7 Å². The molecule has 3 aliphatic rings. The van der Waals surface area contributed by atoms with Crippen LogP contribution in [0.2, 0.25) is 0 Å². The van der Waals surface area contributed by atoms with Crippen molar-refractivity contribution in [1.82, 2.24) is 15.5 Å². The lowest BCUT2D eigenvalue weighted by Gasteiger charge is -2.35. The summed E-state index contributed by atoms with van der Waals surface area (Å²) in [6.07, 6.45) is 8.32. The van der Waals surface area contributed by atoms with Crippen molar-refractivity contribution in [3.05, 3.63) is 0 Å². The van der Waals surface area contributed by atoms with Crippen LogP contribution in [0.25, 0.3) is 0 Å². The number of aliphatic imine (C=N–C) groups is 1. The molecule has 0 aliphatic carbocycles. The van der Waals surface area contributed by atoms with Crippen LogP contribution in [0.1, 0.15) is 52.4 Å². The van der Waals surface area contributed by atoms with E-state index in [2.05, 4.69) is 34.4 Å². The summed E-state index contributed by atoms with van der Waals surface area (Å²) in [4.78, 5) is 7.02. The number of hydrogen-bond donors (Lipinski definition) is 2. The molecule has 5 nitrogen and oxygen atoms in total. The highest BCUT2D eigenvalue weighted by molar-refractivity contribution is 14.0. The number of guanidine groups is 1. The number of fused-ring (bicyclic) bond motifs is 2. The number of nitrogens with zero attached hydrogens (tertiary/aromatic N) is 2. The second kappa shape index (κ2) is 10.3. The number of piperidine rings is 1. The third-order valence-corrected chi connectivity index (χ3v) is 5.79. The number of unbranched alkanes of at least 4 members (excludes halogenated alkanes) is 1. The summed E-state index contributed by atoms with van der Waals surface area (Å²) in [7, 11) is 1.86. The van der Waals surface area contributed by atoms with Gasteiger partial charge in [-0.2, -0.15) is 0 Å². The summed E-state index contributed by atoms with van der Waals surface area (Å²) in [5.74, 6) is 2.66. The second-order valence-electron chi connectivity index (χ2n) is 8.27. The quantitative estimate of drug-likeness (QED) is 0.275. The zero-order chi connectivity index (χ0) is 16.9. The van der Waals surface area contributed by atoms with Crippen LogP contribution >= 0.6 is 24.0 Å². The Morgan fingerprint density at radius 2 is 1.88 bits per heavy atom. The first kappa shape index (κ1) is 21.2. The average molecular weight is 464 g/mol. The number of likely N-dealkylation sites (tertiary alicyclic amines) is 1. The van der Waals surface area contributed by atoms with Gasteiger partial charge < -0.3 is 20.3 Å². The molecule has 3 heterocycles. The Kier molecular flexibility index (Phi) is 8.75. The van der Waals surface area contributed by atoms with Crippen LogP contribution in [0.4, 0.5) is 0 Å². The highest BCUT2D eigenvalue weighted by Crippen LogP contribution is 2.34. The van der Waals surface area contributed by atoms with Crippen LogP contribution in [0.5, 0.6) is 0 Å². The predicted molar refractivity (Wildman–Crippen MR) is 115 cm³/mol. The molecule has 0 aromatic rings. The lowest BCUT2D eigenvalue weighted by molar-refractivity contribution is 0.0992. The van der Waals surface area contributed by atoms with Gasteiger partial charge in [-0.3, -0.25) is 4.99 Å². The smallest absolute Gasteiger partial charge is 0.191 e. The number of ether oxygens (including phenoxy) is 1. The van der Waals surface area contributed by atoms with Gasteiger partial charge in [0.2, 0.25) is 0 Å². The Labute approximate surface area is 170 Å². The summed E-state index contributed by atoms with van der Waals surface area (Å²) in [6, 6.07) is 0.450. The lowest BCUT2D eigenvalue weighted by atomic mass is 9.92. The van der Waals surface area contributed by atoms with Gasteiger partial charge in [-0.25, -0.2) is 0 Å². The molecule has 25 heavy (non-hydrogen) atoms. The molecule has 0 aromatic heterocycles. The fraction of sp³-hybridized carbons (Fsp3) is 0.947. The Bertz CT molecular complexity index is 424. The van der Waals surface area contributed by atoms with Crippen molar-refractivity contribution in [3.8, 4) is 0 Å². The molecule has 2 bridgehead atoms. The van der Waals surface area contributed by atoms with Gasteiger partial charge in [-0.05, 0) is 56.9 Å². The molecule has 0 saturated carbocycles. The van der Waals surface area contributed by atoms with E-state index in [9.17, 15) is 0 Å². The minimum atomic E-state index is 0. The zero-order valence-corrected chi connectivity index (χ0v) is 18.5. The minimum absolute atomic E-state index is 0. The molecule has 0 radical (unpaired) electrons. The largest absolute Gasteiger partial charge is 0.373 e. The number of halogens is 1. The molecule has 146 valence electrons. The van der Waals surface area contributed by atoms with E-state index in [1.54, 1.807) is 0 Å². The van der Waals surface area contributed by atoms with E-state index in [1.165, 1.54) is 51.7 Å². The molecule has 3 rings (SSSR count). The number of hydrogen-bond acceptors (Lipinski definition) is 3.